The maximum Gasteiger partial charge on any atom is 0.142 e. The number of hydrogen-bond donors (Lipinski definition) is 1. The fraction of sp³-hybridized carbons (Fsp3) is 0.154. The van der Waals surface area contributed by atoms with E-state index in [1.165, 1.54) is 6.07 Å². The zero-order valence-electron chi connectivity index (χ0n) is 9.41. The first-order valence-electron chi connectivity index (χ1n) is 5.38. The van der Waals surface area contributed by atoms with Gasteiger partial charge in [0.15, 0.2) is 0 Å². The number of pyridine rings is 1. The molecule has 1 unspecified atom stereocenters. The summed E-state index contributed by atoms with van der Waals surface area (Å²) in [5.74, 6) is -0.426. The van der Waals surface area contributed by atoms with Crippen molar-refractivity contribution in [2.75, 3.05) is 0 Å². The van der Waals surface area contributed by atoms with E-state index >= 15 is 0 Å². The fourth-order valence-corrected chi connectivity index (χ4v) is 2.09. The third-order valence-corrected chi connectivity index (χ3v) is 3.49. The van der Waals surface area contributed by atoms with E-state index in [-0.39, 0.29) is 11.1 Å². The Hall–Kier alpha value is -0.970. The molecule has 1 heterocycles. The van der Waals surface area contributed by atoms with Crippen LogP contribution in [0.5, 0.6) is 0 Å². The summed E-state index contributed by atoms with van der Waals surface area (Å²) in [4.78, 5) is 4.22. The second kappa shape index (κ2) is 5.78. The van der Waals surface area contributed by atoms with Crippen LogP contribution in [0.3, 0.4) is 0 Å². The summed E-state index contributed by atoms with van der Waals surface area (Å²) in [5.41, 5.74) is 7.47. The number of hydrogen-bond acceptors (Lipinski definition) is 2. The monoisotopic (exact) mass is 328 g/mol. The molecule has 0 aliphatic heterocycles. The molecule has 0 spiro atoms. The predicted molar refractivity (Wildman–Crippen MR) is 74.0 cm³/mol. The Balaban J connectivity index is 2.18. The van der Waals surface area contributed by atoms with Gasteiger partial charge >= 0.3 is 0 Å². The van der Waals surface area contributed by atoms with Gasteiger partial charge in [-0.1, -0.05) is 23.7 Å². The van der Waals surface area contributed by atoms with Crippen LogP contribution in [0.1, 0.15) is 17.3 Å². The van der Waals surface area contributed by atoms with Crippen LogP contribution in [0.25, 0.3) is 0 Å². The molecule has 0 saturated heterocycles. The summed E-state index contributed by atoms with van der Waals surface area (Å²) in [5, 5.41) is 0.130. The summed E-state index contributed by atoms with van der Waals surface area (Å²) in [6.45, 7) is 0. The van der Waals surface area contributed by atoms with E-state index < -0.39 is 5.82 Å². The van der Waals surface area contributed by atoms with Crippen LogP contribution in [-0.4, -0.2) is 4.98 Å². The summed E-state index contributed by atoms with van der Waals surface area (Å²) < 4.78 is 14.2. The van der Waals surface area contributed by atoms with Gasteiger partial charge in [0.1, 0.15) is 5.82 Å². The lowest BCUT2D eigenvalue weighted by Crippen LogP contribution is -2.15. The average molecular weight is 330 g/mol. The fourth-order valence-electron chi connectivity index (χ4n) is 1.65. The topological polar surface area (TPSA) is 38.9 Å². The van der Waals surface area contributed by atoms with Gasteiger partial charge in [0.25, 0.3) is 0 Å². The Morgan fingerprint density at radius 1 is 1.33 bits per heavy atom. The zero-order chi connectivity index (χ0) is 13.1. The molecule has 1 aromatic carbocycles. The molecule has 0 amide bonds. The minimum Gasteiger partial charge on any atom is -0.322 e. The van der Waals surface area contributed by atoms with Gasteiger partial charge in [0.2, 0.25) is 0 Å². The molecule has 2 rings (SSSR count). The number of halogens is 3. The minimum atomic E-state index is -0.426. The largest absolute Gasteiger partial charge is 0.322 e. The molecule has 1 atom stereocenters. The molecule has 2 N–H and O–H groups in total. The highest BCUT2D eigenvalue weighted by molar-refractivity contribution is 9.10. The Bertz CT molecular complexity index is 545. The standard InChI is InChI=1S/C13H11BrClFN2/c14-9-4-5-12(18-7-9)11(17)6-8-2-1-3-10(16)13(8)15/h1-5,7,11H,6,17H2. The predicted octanol–water partition coefficient (Wildman–Crippen LogP) is 3.88. The average Bonchev–Trinajstić information content (AvgIpc) is 2.36. The summed E-state index contributed by atoms with van der Waals surface area (Å²) >= 11 is 9.20. The molecular formula is C13H11BrClFN2. The van der Waals surface area contributed by atoms with Crippen molar-refractivity contribution in [2.24, 2.45) is 5.73 Å². The number of benzene rings is 1. The molecule has 5 heteroatoms. The molecule has 0 radical (unpaired) electrons. The number of rotatable bonds is 3. The van der Waals surface area contributed by atoms with E-state index in [0.717, 1.165) is 10.2 Å². The van der Waals surface area contributed by atoms with E-state index in [9.17, 15) is 4.39 Å². The SMILES string of the molecule is NC(Cc1cccc(F)c1Cl)c1ccc(Br)cn1. The summed E-state index contributed by atoms with van der Waals surface area (Å²) in [6.07, 6.45) is 2.13. The molecule has 0 bridgehead atoms. The highest BCUT2D eigenvalue weighted by Crippen LogP contribution is 2.24. The smallest absolute Gasteiger partial charge is 0.142 e. The van der Waals surface area contributed by atoms with Crippen molar-refractivity contribution in [1.29, 1.82) is 0 Å². The Labute approximate surface area is 118 Å². The van der Waals surface area contributed by atoms with Gasteiger partial charge < -0.3 is 5.73 Å². The highest BCUT2D eigenvalue weighted by Gasteiger charge is 2.12. The van der Waals surface area contributed by atoms with Gasteiger partial charge in [-0.25, -0.2) is 4.39 Å². The van der Waals surface area contributed by atoms with Crippen LogP contribution in [0.4, 0.5) is 4.39 Å². The Morgan fingerprint density at radius 2 is 2.11 bits per heavy atom. The van der Waals surface area contributed by atoms with Crippen LogP contribution in [0.2, 0.25) is 5.02 Å². The third kappa shape index (κ3) is 3.07. The molecule has 2 aromatic rings. The summed E-state index contributed by atoms with van der Waals surface area (Å²) in [7, 11) is 0. The quantitative estimate of drug-likeness (QED) is 0.928. The second-order valence-corrected chi connectivity index (χ2v) is 5.22. The van der Waals surface area contributed by atoms with Gasteiger partial charge in [-0.2, -0.15) is 0 Å². The number of aromatic nitrogens is 1. The van der Waals surface area contributed by atoms with E-state index in [2.05, 4.69) is 20.9 Å². The molecule has 0 aliphatic carbocycles. The lowest BCUT2D eigenvalue weighted by atomic mass is 10.0. The van der Waals surface area contributed by atoms with Crippen molar-refractivity contribution in [3.8, 4) is 0 Å². The van der Waals surface area contributed by atoms with Crippen LogP contribution in [0, 0.1) is 5.82 Å². The number of nitrogens with two attached hydrogens (primary N) is 1. The Kier molecular flexibility index (Phi) is 4.32. The lowest BCUT2D eigenvalue weighted by Gasteiger charge is -2.12. The van der Waals surface area contributed by atoms with Crippen LogP contribution >= 0.6 is 27.5 Å². The van der Waals surface area contributed by atoms with Crippen LogP contribution in [-0.2, 0) is 6.42 Å². The third-order valence-electron chi connectivity index (χ3n) is 2.60. The minimum absolute atomic E-state index is 0.130. The molecule has 94 valence electrons. The normalized spacial score (nSPS) is 12.4. The maximum atomic E-state index is 13.3. The van der Waals surface area contributed by atoms with Gasteiger partial charge in [0, 0.05) is 10.7 Å². The molecular weight excluding hydrogens is 319 g/mol. The van der Waals surface area contributed by atoms with Crippen LogP contribution in [0.15, 0.2) is 41.0 Å². The molecule has 18 heavy (non-hydrogen) atoms. The molecule has 0 saturated carbocycles. The van der Waals surface area contributed by atoms with Crippen molar-refractivity contribution in [3.05, 3.63) is 63.1 Å². The van der Waals surface area contributed by atoms with Gasteiger partial charge in [-0.15, -0.1) is 0 Å². The molecule has 0 aliphatic rings. The first kappa shape index (κ1) is 13.5. The van der Waals surface area contributed by atoms with Crippen molar-refractivity contribution in [2.45, 2.75) is 12.5 Å². The number of nitrogens with zero attached hydrogens (tertiary/aromatic N) is 1. The lowest BCUT2D eigenvalue weighted by molar-refractivity contribution is 0.621. The molecule has 0 fully saturated rings. The highest BCUT2D eigenvalue weighted by atomic mass is 79.9. The first-order valence-corrected chi connectivity index (χ1v) is 6.55. The van der Waals surface area contributed by atoms with Crippen molar-refractivity contribution in [1.82, 2.24) is 4.98 Å². The van der Waals surface area contributed by atoms with E-state index in [4.69, 9.17) is 17.3 Å². The van der Waals surface area contributed by atoms with Gasteiger partial charge in [0.05, 0.1) is 16.8 Å². The van der Waals surface area contributed by atoms with Gasteiger partial charge in [-0.3, -0.25) is 4.98 Å². The van der Waals surface area contributed by atoms with Crippen molar-refractivity contribution in [3.63, 3.8) is 0 Å². The van der Waals surface area contributed by atoms with Crippen molar-refractivity contribution >= 4 is 27.5 Å². The zero-order valence-corrected chi connectivity index (χ0v) is 11.7. The van der Waals surface area contributed by atoms with Crippen molar-refractivity contribution < 1.29 is 4.39 Å². The molecule has 1 aromatic heterocycles. The van der Waals surface area contributed by atoms with E-state index in [0.29, 0.717) is 12.0 Å². The summed E-state index contributed by atoms with van der Waals surface area (Å²) in [6, 6.07) is 8.12. The Morgan fingerprint density at radius 3 is 2.78 bits per heavy atom. The van der Waals surface area contributed by atoms with E-state index in [1.807, 2.05) is 12.1 Å². The van der Waals surface area contributed by atoms with Crippen LogP contribution < -0.4 is 5.73 Å². The second-order valence-electron chi connectivity index (χ2n) is 3.92. The van der Waals surface area contributed by atoms with E-state index in [1.54, 1.807) is 18.3 Å². The maximum absolute atomic E-state index is 13.3. The first-order chi connectivity index (χ1) is 8.58. The molecule has 2 nitrogen and oxygen atoms in total. The van der Waals surface area contributed by atoms with Gasteiger partial charge in [-0.05, 0) is 46.1 Å².